The molecule has 0 nitrogen and oxygen atoms in total. The van der Waals surface area contributed by atoms with Gasteiger partial charge in [-0.05, 0) is 58.4 Å². The Balaban J connectivity index is 0.000000207. The first-order valence-electron chi connectivity index (χ1n) is 17.9. The summed E-state index contributed by atoms with van der Waals surface area (Å²) in [7, 11) is 0. The Kier molecular flexibility index (Phi) is 13.3. The molecule has 0 unspecified atom stereocenters. The maximum Gasteiger partial charge on any atom is -1.00 e. The second-order valence-electron chi connectivity index (χ2n) is 15.7. The van der Waals surface area contributed by atoms with Crippen molar-refractivity contribution in [3.63, 3.8) is 0 Å². The average Bonchev–Trinajstić information content (AvgIpc) is 3.78. The van der Waals surface area contributed by atoms with Gasteiger partial charge in [0.2, 0.25) is 0 Å². The summed E-state index contributed by atoms with van der Waals surface area (Å²) < 4.78 is 75.6. The van der Waals surface area contributed by atoms with Crippen LogP contribution < -0.4 is 24.8 Å². The number of aryl methyl sites for hydroxylation is 2. The van der Waals surface area contributed by atoms with Crippen LogP contribution in [0.2, 0.25) is 0 Å². The number of hydrogen-bond donors (Lipinski definition) is 0. The van der Waals surface area contributed by atoms with Crippen LogP contribution in [-0.2, 0) is 53.8 Å². The SMILES string of the molecule is CC1=[C-]C(C)(C)c2cc3c(cc21)-c1cc2c(cc1C3)C(C)(C)C=C2C.Cc1c[cH-]c(C)c1.FC(F)(F)c1ccc([C](=[Zr+2])c2ccc(C(F)(F)F)cc2)cc1.[Cl-].[Cl-]. The van der Waals surface area contributed by atoms with Gasteiger partial charge in [-0.25, -0.2) is 17.2 Å². The fourth-order valence-corrected chi connectivity index (χ4v) is 8.63. The molecule has 0 atom stereocenters. The van der Waals surface area contributed by atoms with E-state index in [0.29, 0.717) is 14.3 Å². The summed E-state index contributed by atoms with van der Waals surface area (Å²) in [5, 5.41) is 0. The van der Waals surface area contributed by atoms with Crippen molar-refractivity contribution >= 4 is 14.4 Å². The number of allylic oxidation sites excluding steroid dienone is 4. The normalized spacial score (nSPS) is 15.2. The van der Waals surface area contributed by atoms with Gasteiger partial charge in [0.25, 0.3) is 0 Å². The first-order valence-corrected chi connectivity index (χ1v) is 19.1. The molecule has 0 saturated carbocycles. The number of alkyl halides is 6. The van der Waals surface area contributed by atoms with Crippen LogP contribution in [0.5, 0.6) is 0 Å². The molecule has 9 heteroatoms. The molecule has 3 aliphatic carbocycles. The summed E-state index contributed by atoms with van der Waals surface area (Å²) in [5.41, 5.74) is 16.9. The van der Waals surface area contributed by atoms with Gasteiger partial charge in [0.15, 0.2) is 0 Å². The molecule has 0 N–H and O–H groups in total. The van der Waals surface area contributed by atoms with E-state index in [4.69, 9.17) is 0 Å². The van der Waals surface area contributed by atoms with Crippen LogP contribution in [0.25, 0.3) is 22.3 Å². The minimum absolute atomic E-state index is 0. The molecular formula is C47H42Cl2F6Zr-2. The molecule has 0 radical (unpaired) electrons. The Morgan fingerprint density at radius 1 is 0.643 bits per heavy atom. The molecule has 0 fully saturated rings. The smallest absolute Gasteiger partial charge is 1.00 e. The van der Waals surface area contributed by atoms with E-state index in [2.05, 4.69) is 110 Å². The summed E-state index contributed by atoms with van der Waals surface area (Å²) in [5.74, 6) is 0. The molecule has 0 heterocycles. The maximum absolute atomic E-state index is 12.5. The fraction of sp³-hybridized carbons (Fsp3) is 0.277. The second kappa shape index (κ2) is 16.5. The van der Waals surface area contributed by atoms with Crippen molar-refractivity contribution in [2.24, 2.45) is 0 Å². The molecular weight excluding hydrogens is 841 g/mol. The van der Waals surface area contributed by atoms with Gasteiger partial charge in [-0.2, -0.15) is 23.3 Å². The van der Waals surface area contributed by atoms with E-state index in [1.807, 2.05) is 0 Å². The van der Waals surface area contributed by atoms with Crippen molar-refractivity contribution in [2.75, 3.05) is 0 Å². The minimum Gasteiger partial charge on any atom is -1.00 e. The average molecular weight is 883 g/mol. The zero-order valence-electron chi connectivity index (χ0n) is 32.5. The maximum atomic E-state index is 12.5. The van der Waals surface area contributed by atoms with E-state index in [9.17, 15) is 26.3 Å². The van der Waals surface area contributed by atoms with Gasteiger partial charge < -0.3 is 24.8 Å². The molecule has 5 aromatic carbocycles. The Labute approximate surface area is 353 Å². The zero-order valence-corrected chi connectivity index (χ0v) is 36.4. The predicted octanol–water partition coefficient (Wildman–Crippen LogP) is 7.32. The molecule has 8 rings (SSSR count). The summed E-state index contributed by atoms with van der Waals surface area (Å²) in [6.45, 7) is 17.9. The van der Waals surface area contributed by atoms with Crippen LogP contribution in [0.15, 0.2) is 97.1 Å². The molecule has 5 aromatic rings. The van der Waals surface area contributed by atoms with Crippen LogP contribution in [-0.4, -0.2) is 3.21 Å². The third-order valence-corrected chi connectivity index (χ3v) is 11.9. The Hall–Kier alpha value is -3.38. The molecule has 3 aliphatic rings. The van der Waals surface area contributed by atoms with Crippen LogP contribution in [0.1, 0.15) is 108 Å². The quantitative estimate of drug-likeness (QED) is 0.127. The third-order valence-electron chi connectivity index (χ3n) is 10.5. The standard InChI is InChI=1S/C25H25.C15H8F6.C7H9.2ClH.Zr/c1-14-12-24(3,4)22-8-16-7-17-9-23-19(15(2)13-25(23,5)6)11-21(17)20(16)10-18(14)22;16-14(17,18)12-5-1-10(2-6-12)9-11-3-7-13(8-4-11)15(19,20)21;1-6-3-4-7(2)5-6;;;/h8-12H,7H2,1-6H3;1-8H;3-5H,1-2H3;2*1H;/q-1;;-1;;;+2/p-2. The van der Waals surface area contributed by atoms with Gasteiger partial charge in [-0.15, -0.1) is 11.6 Å². The van der Waals surface area contributed by atoms with Gasteiger partial charge >= 0.3 is 137 Å². The van der Waals surface area contributed by atoms with Crippen molar-refractivity contribution in [1.29, 1.82) is 0 Å². The first kappa shape index (κ1) is 45.3. The third kappa shape index (κ3) is 9.32. The number of hydrogen-bond acceptors (Lipinski definition) is 0. The fourth-order valence-electron chi connectivity index (χ4n) is 7.81. The van der Waals surface area contributed by atoms with Crippen molar-refractivity contribution in [2.45, 2.75) is 85.0 Å². The zero-order chi connectivity index (χ0) is 39.5. The molecule has 292 valence electrons. The Bertz CT molecular complexity index is 2160. The summed E-state index contributed by atoms with van der Waals surface area (Å²) in [6.07, 6.45) is -1.68. The molecule has 0 aromatic heterocycles. The first-order chi connectivity index (χ1) is 25.0. The number of fused-ring (bicyclic) bond motifs is 5. The van der Waals surface area contributed by atoms with Gasteiger partial charge in [0, 0.05) is 5.41 Å². The monoisotopic (exact) mass is 880 g/mol. The van der Waals surface area contributed by atoms with E-state index in [1.54, 1.807) is 0 Å². The van der Waals surface area contributed by atoms with E-state index >= 15 is 0 Å². The van der Waals surface area contributed by atoms with Crippen molar-refractivity contribution in [1.82, 2.24) is 0 Å². The van der Waals surface area contributed by atoms with Crippen LogP contribution in [0.3, 0.4) is 0 Å². The van der Waals surface area contributed by atoms with Crippen molar-refractivity contribution in [3.8, 4) is 11.1 Å². The summed E-state index contributed by atoms with van der Waals surface area (Å²) in [4.78, 5) is 0. The number of benzene rings is 4. The van der Waals surface area contributed by atoms with Gasteiger partial charge in [0.05, 0.1) is 0 Å². The van der Waals surface area contributed by atoms with Crippen LogP contribution in [0, 0.1) is 19.9 Å². The number of halogens is 8. The second-order valence-corrected chi connectivity index (χ2v) is 16.9. The van der Waals surface area contributed by atoms with E-state index in [-0.39, 0.29) is 35.6 Å². The van der Waals surface area contributed by atoms with E-state index < -0.39 is 23.5 Å². The van der Waals surface area contributed by atoms with Crippen LogP contribution >= 0.6 is 0 Å². The molecule has 0 bridgehead atoms. The minimum atomic E-state index is -4.41. The topological polar surface area (TPSA) is 0 Å². The molecule has 0 aliphatic heterocycles. The number of rotatable bonds is 2. The summed E-state index contributed by atoms with van der Waals surface area (Å²) >= 11 is 0.898. The molecule has 0 saturated heterocycles. The summed E-state index contributed by atoms with van der Waals surface area (Å²) in [6, 6.07) is 25.4. The van der Waals surface area contributed by atoms with Crippen LogP contribution in [0.4, 0.5) is 26.3 Å². The molecule has 56 heavy (non-hydrogen) atoms. The van der Waals surface area contributed by atoms with Gasteiger partial charge in [0.1, 0.15) is 0 Å². The van der Waals surface area contributed by atoms with Crippen molar-refractivity contribution < 1.29 is 75.4 Å². The van der Waals surface area contributed by atoms with Gasteiger partial charge in [-0.3, -0.25) is 6.08 Å². The molecule has 0 amide bonds. The molecule has 0 spiro atoms. The predicted molar refractivity (Wildman–Crippen MR) is 204 cm³/mol. The van der Waals surface area contributed by atoms with Gasteiger partial charge in [-0.1, -0.05) is 72.1 Å². The Morgan fingerprint density at radius 2 is 1.11 bits per heavy atom. The Morgan fingerprint density at radius 3 is 1.52 bits per heavy atom. The van der Waals surface area contributed by atoms with Crippen molar-refractivity contribution in [3.05, 3.63) is 170 Å². The van der Waals surface area contributed by atoms with E-state index in [1.165, 1.54) is 91.0 Å². The largest absolute Gasteiger partial charge is 1.00 e. The van der Waals surface area contributed by atoms with E-state index in [0.717, 1.165) is 54.9 Å².